The number of aliphatic carboxylic acids is 3. The van der Waals surface area contributed by atoms with Gasteiger partial charge in [0.15, 0.2) is 0 Å². The van der Waals surface area contributed by atoms with Gasteiger partial charge in [-0.1, -0.05) is 44.2 Å². The fourth-order valence-electron chi connectivity index (χ4n) is 3.52. The molecule has 3 amide bonds. The van der Waals surface area contributed by atoms with Crippen LogP contribution in [0.4, 0.5) is 0 Å². The molecule has 0 bridgehead atoms. The van der Waals surface area contributed by atoms with Gasteiger partial charge in [0.2, 0.25) is 17.7 Å². The van der Waals surface area contributed by atoms with Crippen LogP contribution in [-0.2, 0) is 35.2 Å². The summed E-state index contributed by atoms with van der Waals surface area (Å²) < 4.78 is 0. The summed E-state index contributed by atoms with van der Waals surface area (Å²) in [4.78, 5) is 72.2. The van der Waals surface area contributed by atoms with E-state index in [4.69, 9.17) is 15.9 Å². The molecule has 13 nitrogen and oxygen atoms in total. The topological polar surface area (TPSA) is 225 Å². The molecule has 4 unspecified atom stereocenters. The van der Waals surface area contributed by atoms with Gasteiger partial charge in [-0.05, 0) is 30.7 Å². The molecule has 0 aliphatic carbocycles. The van der Waals surface area contributed by atoms with E-state index in [9.17, 15) is 33.9 Å². The van der Waals surface area contributed by atoms with Gasteiger partial charge >= 0.3 is 17.9 Å². The minimum Gasteiger partial charge on any atom is -0.481 e. The van der Waals surface area contributed by atoms with Gasteiger partial charge in [0.05, 0.1) is 6.04 Å². The highest BCUT2D eigenvalue weighted by atomic mass is 16.4. The minimum absolute atomic E-state index is 0.0115. The van der Waals surface area contributed by atoms with E-state index in [1.807, 2.05) is 0 Å². The summed E-state index contributed by atoms with van der Waals surface area (Å²) in [6.07, 6.45) is -1.25. The number of rotatable bonds is 17. The van der Waals surface area contributed by atoms with Crippen molar-refractivity contribution in [3.8, 4) is 0 Å². The van der Waals surface area contributed by atoms with Crippen LogP contribution in [0.1, 0.15) is 51.5 Å². The molecule has 1 aromatic rings. The molecule has 0 aliphatic heterocycles. The van der Waals surface area contributed by atoms with Gasteiger partial charge in [-0.15, -0.1) is 0 Å². The van der Waals surface area contributed by atoms with Gasteiger partial charge in [-0.3, -0.25) is 24.0 Å². The van der Waals surface area contributed by atoms with E-state index in [0.717, 1.165) is 0 Å². The van der Waals surface area contributed by atoms with Gasteiger partial charge in [0.1, 0.15) is 18.1 Å². The fourth-order valence-corrected chi connectivity index (χ4v) is 3.52. The molecule has 0 spiro atoms. The first-order chi connectivity index (χ1) is 17.8. The van der Waals surface area contributed by atoms with Gasteiger partial charge in [0, 0.05) is 19.3 Å². The summed E-state index contributed by atoms with van der Waals surface area (Å²) in [5.41, 5.74) is 6.42. The van der Waals surface area contributed by atoms with Crippen molar-refractivity contribution in [2.24, 2.45) is 11.7 Å². The number of hydrogen-bond acceptors (Lipinski definition) is 7. The number of nitrogens with one attached hydrogen (secondary N) is 3. The second-order valence-corrected chi connectivity index (χ2v) is 9.31. The lowest BCUT2D eigenvalue weighted by atomic mass is 10.0. The molecule has 0 heterocycles. The average Bonchev–Trinajstić information content (AvgIpc) is 2.83. The van der Waals surface area contributed by atoms with Crippen molar-refractivity contribution in [1.29, 1.82) is 0 Å². The monoisotopic (exact) mass is 536 g/mol. The van der Waals surface area contributed by atoms with Crippen LogP contribution in [0.2, 0.25) is 0 Å². The van der Waals surface area contributed by atoms with Crippen LogP contribution in [0, 0.1) is 5.92 Å². The molecular weight excluding hydrogens is 500 g/mol. The summed E-state index contributed by atoms with van der Waals surface area (Å²) in [5.74, 6) is -6.20. The normalized spacial score (nSPS) is 14.0. The Hall–Kier alpha value is -4.00. The zero-order valence-electron chi connectivity index (χ0n) is 21.4. The lowest BCUT2D eigenvalue weighted by Crippen LogP contribution is -2.57. The summed E-state index contributed by atoms with van der Waals surface area (Å²) in [7, 11) is 0. The van der Waals surface area contributed by atoms with Gasteiger partial charge in [-0.25, -0.2) is 4.79 Å². The van der Waals surface area contributed by atoms with Crippen LogP contribution in [0.3, 0.4) is 0 Å². The van der Waals surface area contributed by atoms with Crippen LogP contribution < -0.4 is 21.7 Å². The van der Waals surface area contributed by atoms with E-state index in [-0.39, 0.29) is 38.0 Å². The Kier molecular flexibility index (Phi) is 13.5. The Bertz CT molecular complexity index is 984. The zero-order chi connectivity index (χ0) is 28.8. The molecule has 1 aromatic carbocycles. The van der Waals surface area contributed by atoms with Crippen LogP contribution in [-0.4, -0.2) is 75.1 Å². The number of amides is 3. The van der Waals surface area contributed by atoms with Crippen LogP contribution >= 0.6 is 0 Å². The largest absolute Gasteiger partial charge is 0.481 e. The highest BCUT2D eigenvalue weighted by molar-refractivity contribution is 5.94. The highest BCUT2D eigenvalue weighted by Crippen LogP contribution is 2.09. The first kappa shape index (κ1) is 32.0. The standard InChI is InChI=1S/C25H36N4O9/c1-14(2)12-19(25(37)38)29-23(35)17(9-11-21(32)33)27-24(36)18(13-15-6-4-3-5-7-15)28-22(34)16(26)8-10-20(30)31/h3-7,14,16-19H,8-13,26H2,1-2H3,(H,27,36)(H,28,34)(H,29,35)(H,30,31)(H,32,33)(H,37,38). The van der Waals surface area contributed by atoms with Crippen molar-refractivity contribution in [2.45, 2.75) is 76.5 Å². The van der Waals surface area contributed by atoms with Crippen molar-refractivity contribution in [2.75, 3.05) is 0 Å². The summed E-state index contributed by atoms with van der Waals surface area (Å²) in [5, 5.41) is 34.6. The van der Waals surface area contributed by atoms with Crippen molar-refractivity contribution >= 4 is 35.6 Å². The average molecular weight is 537 g/mol. The number of carboxylic acids is 3. The molecule has 0 radical (unpaired) electrons. The fraction of sp³-hybridized carbons (Fsp3) is 0.520. The molecule has 13 heteroatoms. The molecule has 1 rings (SSSR count). The maximum Gasteiger partial charge on any atom is 0.326 e. The predicted molar refractivity (Wildman–Crippen MR) is 135 cm³/mol. The smallest absolute Gasteiger partial charge is 0.326 e. The third-order valence-corrected chi connectivity index (χ3v) is 5.52. The molecule has 8 N–H and O–H groups in total. The Morgan fingerprint density at radius 3 is 1.76 bits per heavy atom. The van der Waals surface area contributed by atoms with Crippen molar-refractivity contribution in [3.63, 3.8) is 0 Å². The Labute approximate surface area is 220 Å². The van der Waals surface area contributed by atoms with Crippen molar-refractivity contribution < 1.29 is 44.1 Å². The molecular formula is C25H36N4O9. The quantitative estimate of drug-likeness (QED) is 0.140. The Balaban J connectivity index is 3.12. The highest BCUT2D eigenvalue weighted by Gasteiger charge is 2.31. The molecule has 0 aliphatic rings. The molecule has 0 aromatic heterocycles. The Morgan fingerprint density at radius 1 is 0.737 bits per heavy atom. The zero-order valence-corrected chi connectivity index (χ0v) is 21.4. The van der Waals surface area contributed by atoms with E-state index in [1.54, 1.807) is 44.2 Å². The minimum atomic E-state index is -1.40. The SMILES string of the molecule is CC(C)CC(NC(=O)C(CCC(=O)O)NC(=O)C(Cc1ccccc1)NC(=O)C(N)CCC(=O)O)C(=O)O. The number of carbonyl (C=O) groups excluding carboxylic acids is 3. The summed E-state index contributed by atoms with van der Waals surface area (Å²) >= 11 is 0. The number of benzene rings is 1. The number of carbonyl (C=O) groups is 6. The molecule has 4 atom stereocenters. The van der Waals surface area contributed by atoms with Gasteiger partial charge in [-0.2, -0.15) is 0 Å². The van der Waals surface area contributed by atoms with Crippen LogP contribution in [0.15, 0.2) is 30.3 Å². The first-order valence-corrected chi connectivity index (χ1v) is 12.2. The van der Waals surface area contributed by atoms with Crippen molar-refractivity contribution in [1.82, 2.24) is 16.0 Å². The third kappa shape index (κ3) is 12.3. The molecule has 0 saturated heterocycles. The summed E-state index contributed by atoms with van der Waals surface area (Å²) in [6, 6.07) is 3.48. The van der Waals surface area contributed by atoms with Gasteiger partial charge < -0.3 is 37.0 Å². The van der Waals surface area contributed by atoms with Crippen LogP contribution in [0.5, 0.6) is 0 Å². The predicted octanol–water partition coefficient (Wildman–Crippen LogP) is -0.129. The first-order valence-electron chi connectivity index (χ1n) is 12.2. The van der Waals surface area contributed by atoms with E-state index in [0.29, 0.717) is 5.56 Å². The molecule has 38 heavy (non-hydrogen) atoms. The maximum absolute atomic E-state index is 13.2. The summed E-state index contributed by atoms with van der Waals surface area (Å²) in [6.45, 7) is 3.54. The maximum atomic E-state index is 13.2. The van der Waals surface area contributed by atoms with Crippen molar-refractivity contribution in [3.05, 3.63) is 35.9 Å². The van der Waals surface area contributed by atoms with Crippen LogP contribution in [0.25, 0.3) is 0 Å². The molecule has 210 valence electrons. The lowest BCUT2D eigenvalue weighted by Gasteiger charge is -2.25. The lowest BCUT2D eigenvalue weighted by molar-refractivity contribution is -0.143. The second-order valence-electron chi connectivity index (χ2n) is 9.31. The number of hydrogen-bond donors (Lipinski definition) is 7. The second kappa shape index (κ2) is 16.0. The third-order valence-electron chi connectivity index (χ3n) is 5.52. The molecule has 0 saturated carbocycles. The van der Waals surface area contributed by atoms with E-state index < -0.39 is 66.2 Å². The molecule has 0 fully saturated rings. The van der Waals surface area contributed by atoms with E-state index in [2.05, 4.69) is 16.0 Å². The Morgan fingerprint density at radius 2 is 1.24 bits per heavy atom. The number of nitrogens with two attached hydrogens (primary N) is 1. The van der Waals surface area contributed by atoms with E-state index >= 15 is 0 Å². The van der Waals surface area contributed by atoms with E-state index in [1.165, 1.54) is 0 Å². The number of carboxylic acid groups (broad SMARTS) is 3. The van der Waals surface area contributed by atoms with Gasteiger partial charge in [0.25, 0.3) is 0 Å².